The standard InChI is InChI=1S/C28H21F9N2O3/c1-39-23(28(35,36)37)14-21(38-39)20-7-8-22(42-10-9-15-3-5-19(41-2)6-4-15)24(25(20)40)16-11-17(26(29,30)31)13-18(12-16)27(32,33)34/h3-8,11-14,40H,9-10H2,1-2H3. The lowest BCUT2D eigenvalue weighted by Crippen LogP contribution is -2.11. The summed E-state index contributed by atoms with van der Waals surface area (Å²) in [4.78, 5) is 0. The summed E-state index contributed by atoms with van der Waals surface area (Å²) in [6.07, 6.45) is -15.0. The van der Waals surface area contributed by atoms with Crippen molar-refractivity contribution in [3.63, 3.8) is 0 Å². The highest BCUT2D eigenvalue weighted by Gasteiger charge is 2.38. The van der Waals surface area contributed by atoms with Gasteiger partial charge in [0.1, 0.15) is 22.9 Å². The Labute approximate surface area is 232 Å². The summed E-state index contributed by atoms with van der Waals surface area (Å²) in [5.41, 5.74) is -5.85. The van der Waals surface area contributed by atoms with E-state index < -0.39 is 57.9 Å². The summed E-state index contributed by atoms with van der Waals surface area (Å²) in [5, 5.41) is 14.9. The lowest BCUT2D eigenvalue weighted by Gasteiger charge is -2.19. The van der Waals surface area contributed by atoms with Gasteiger partial charge in [-0.1, -0.05) is 12.1 Å². The minimum Gasteiger partial charge on any atom is -0.506 e. The molecule has 0 amide bonds. The topological polar surface area (TPSA) is 56.5 Å². The van der Waals surface area contributed by atoms with Crippen LogP contribution in [0.25, 0.3) is 22.4 Å². The highest BCUT2D eigenvalue weighted by molar-refractivity contribution is 5.85. The quantitative estimate of drug-likeness (QED) is 0.217. The number of phenols is 1. The van der Waals surface area contributed by atoms with Crippen LogP contribution in [0.2, 0.25) is 0 Å². The first-order valence-electron chi connectivity index (χ1n) is 12.0. The van der Waals surface area contributed by atoms with Crippen molar-refractivity contribution in [3.05, 3.63) is 83.0 Å². The van der Waals surface area contributed by atoms with E-state index in [9.17, 15) is 44.6 Å². The van der Waals surface area contributed by atoms with Crippen LogP contribution in [-0.4, -0.2) is 28.6 Å². The van der Waals surface area contributed by atoms with Gasteiger partial charge in [-0.05, 0) is 59.7 Å². The molecule has 42 heavy (non-hydrogen) atoms. The van der Waals surface area contributed by atoms with Crippen LogP contribution in [0.4, 0.5) is 39.5 Å². The summed E-state index contributed by atoms with van der Waals surface area (Å²) in [6, 6.07) is 10.3. The molecular formula is C28H21F9N2O3. The number of nitrogens with zero attached hydrogens (tertiary/aromatic N) is 2. The van der Waals surface area contributed by atoms with Gasteiger partial charge in [0, 0.05) is 19.0 Å². The van der Waals surface area contributed by atoms with Crippen molar-refractivity contribution in [2.45, 2.75) is 24.9 Å². The highest BCUT2D eigenvalue weighted by Crippen LogP contribution is 2.47. The summed E-state index contributed by atoms with van der Waals surface area (Å²) in [7, 11) is 2.46. The van der Waals surface area contributed by atoms with Gasteiger partial charge < -0.3 is 14.6 Å². The molecule has 4 aromatic rings. The Morgan fingerprint density at radius 3 is 1.88 bits per heavy atom. The maximum Gasteiger partial charge on any atom is 0.433 e. The minimum atomic E-state index is -5.19. The maximum atomic E-state index is 13.6. The van der Waals surface area contributed by atoms with Crippen molar-refractivity contribution in [1.29, 1.82) is 0 Å². The molecule has 14 heteroatoms. The molecule has 0 aliphatic rings. The van der Waals surface area contributed by atoms with Crippen molar-refractivity contribution < 1.29 is 54.1 Å². The first-order chi connectivity index (χ1) is 19.5. The van der Waals surface area contributed by atoms with Crippen LogP contribution in [0, 0.1) is 0 Å². The normalized spacial score (nSPS) is 12.5. The molecule has 0 saturated heterocycles. The largest absolute Gasteiger partial charge is 0.506 e. The molecule has 0 radical (unpaired) electrons. The third-order valence-electron chi connectivity index (χ3n) is 6.27. The number of rotatable bonds is 7. The summed E-state index contributed by atoms with van der Waals surface area (Å²) < 4.78 is 133. The molecule has 0 aliphatic heterocycles. The van der Waals surface area contributed by atoms with Gasteiger partial charge in [-0.15, -0.1) is 0 Å². The molecule has 0 saturated carbocycles. The Morgan fingerprint density at radius 1 is 0.786 bits per heavy atom. The van der Waals surface area contributed by atoms with Crippen molar-refractivity contribution in [3.8, 4) is 39.6 Å². The molecule has 0 aliphatic carbocycles. The first-order valence-corrected chi connectivity index (χ1v) is 12.0. The number of ether oxygens (including phenoxy) is 2. The molecule has 224 valence electrons. The van der Waals surface area contributed by atoms with Crippen molar-refractivity contribution in [1.82, 2.24) is 9.78 Å². The molecule has 0 unspecified atom stereocenters. The molecule has 1 heterocycles. The number of hydrogen-bond acceptors (Lipinski definition) is 4. The average molecular weight is 604 g/mol. The predicted octanol–water partition coefficient (Wildman–Crippen LogP) is 8.15. The second-order valence-electron chi connectivity index (χ2n) is 9.11. The van der Waals surface area contributed by atoms with Crippen molar-refractivity contribution >= 4 is 0 Å². The van der Waals surface area contributed by atoms with E-state index in [1.165, 1.54) is 7.11 Å². The molecule has 1 aromatic heterocycles. The fraction of sp³-hybridized carbons (Fsp3) is 0.250. The van der Waals surface area contributed by atoms with E-state index in [1.54, 1.807) is 24.3 Å². The summed E-state index contributed by atoms with van der Waals surface area (Å²) in [6.45, 7) is -0.120. The number of benzene rings is 3. The Kier molecular flexibility index (Phi) is 8.11. The Morgan fingerprint density at radius 2 is 1.38 bits per heavy atom. The predicted molar refractivity (Wildman–Crippen MR) is 133 cm³/mol. The lowest BCUT2D eigenvalue weighted by atomic mass is 9.95. The fourth-order valence-corrected chi connectivity index (χ4v) is 4.21. The second kappa shape index (κ2) is 11.1. The number of aryl methyl sites for hydroxylation is 1. The fourth-order valence-electron chi connectivity index (χ4n) is 4.21. The van der Waals surface area contributed by atoms with E-state index in [2.05, 4.69) is 5.10 Å². The Hall–Kier alpha value is -4.36. The molecule has 1 N–H and O–H groups in total. The molecule has 0 spiro atoms. The maximum absolute atomic E-state index is 13.6. The average Bonchev–Trinajstić information content (AvgIpc) is 3.30. The summed E-state index contributed by atoms with van der Waals surface area (Å²) in [5.74, 6) is -0.643. The zero-order chi connectivity index (χ0) is 31.0. The van der Waals surface area contributed by atoms with Gasteiger partial charge in [0.05, 0.1) is 36.1 Å². The molecule has 3 aromatic carbocycles. The Balaban J connectivity index is 1.85. The van der Waals surface area contributed by atoms with E-state index >= 15 is 0 Å². The third-order valence-corrected chi connectivity index (χ3v) is 6.27. The van der Waals surface area contributed by atoms with Gasteiger partial charge in [0.25, 0.3) is 0 Å². The molecular weight excluding hydrogens is 583 g/mol. The number of phenolic OH excluding ortho intramolecular Hbond substituents is 1. The number of halogens is 9. The number of alkyl halides is 9. The van der Waals surface area contributed by atoms with Crippen LogP contribution in [0.15, 0.2) is 60.7 Å². The van der Waals surface area contributed by atoms with Crippen molar-refractivity contribution in [2.75, 3.05) is 13.7 Å². The minimum absolute atomic E-state index is 0.0804. The van der Waals surface area contributed by atoms with E-state index in [0.717, 1.165) is 24.7 Å². The Bertz CT molecular complexity index is 1540. The zero-order valence-electron chi connectivity index (χ0n) is 21.7. The number of aromatic nitrogens is 2. The van der Waals surface area contributed by atoms with Crippen LogP contribution < -0.4 is 9.47 Å². The highest BCUT2D eigenvalue weighted by atomic mass is 19.4. The zero-order valence-corrected chi connectivity index (χ0v) is 21.7. The number of aromatic hydroxyl groups is 1. The van der Waals surface area contributed by atoms with Crippen molar-refractivity contribution in [2.24, 2.45) is 7.05 Å². The van der Waals surface area contributed by atoms with Crippen LogP contribution in [-0.2, 0) is 32.0 Å². The van der Waals surface area contributed by atoms with Crippen LogP contribution in [0.5, 0.6) is 17.2 Å². The molecule has 0 bridgehead atoms. The van der Waals surface area contributed by atoms with Crippen LogP contribution in [0.1, 0.15) is 22.4 Å². The van der Waals surface area contributed by atoms with Crippen LogP contribution in [0.3, 0.4) is 0 Å². The van der Waals surface area contributed by atoms with E-state index in [-0.39, 0.29) is 30.4 Å². The van der Waals surface area contributed by atoms with E-state index in [4.69, 9.17) is 9.47 Å². The van der Waals surface area contributed by atoms with Gasteiger partial charge in [-0.3, -0.25) is 4.68 Å². The SMILES string of the molecule is COc1ccc(CCOc2ccc(-c3cc(C(F)(F)F)n(C)n3)c(O)c2-c2cc(C(F)(F)F)cc(C(F)(F)F)c2)cc1. The summed E-state index contributed by atoms with van der Waals surface area (Å²) >= 11 is 0. The van der Waals surface area contributed by atoms with Gasteiger partial charge in [0.2, 0.25) is 0 Å². The van der Waals surface area contributed by atoms with Gasteiger partial charge in [-0.25, -0.2) is 0 Å². The molecule has 4 rings (SSSR count). The van der Waals surface area contributed by atoms with E-state index in [1.807, 2.05) is 0 Å². The van der Waals surface area contributed by atoms with E-state index in [0.29, 0.717) is 28.6 Å². The van der Waals surface area contributed by atoms with Gasteiger partial charge in [-0.2, -0.15) is 44.6 Å². The number of hydrogen-bond donors (Lipinski definition) is 1. The third kappa shape index (κ3) is 6.58. The molecule has 0 atom stereocenters. The smallest absolute Gasteiger partial charge is 0.433 e. The van der Waals surface area contributed by atoms with Crippen LogP contribution >= 0.6 is 0 Å². The molecule has 0 fully saturated rings. The number of methoxy groups -OCH3 is 1. The first kappa shape index (κ1) is 30.6. The lowest BCUT2D eigenvalue weighted by molar-refractivity contribution is -0.144. The van der Waals surface area contributed by atoms with Gasteiger partial charge in [0.15, 0.2) is 0 Å². The second-order valence-corrected chi connectivity index (χ2v) is 9.11. The van der Waals surface area contributed by atoms with Gasteiger partial charge >= 0.3 is 18.5 Å². The monoisotopic (exact) mass is 604 g/mol. The molecule has 5 nitrogen and oxygen atoms in total.